The summed E-state index contributed by atoms with van der Waals surface area (Å²) in [7, 11) is 0. The molecule has 3 aromatic rings. The Bertz CT molecular complexity index is 779. The average Bonchev–Trinajstić information content (AvgIpc) is 2.48. The van der Waals surface area contributed by atoms with Crippen LogP contribution in [0.2, 0.25) is 10.0 Å². The van der Waals surface area contributed by atoms with E-state index in [1.807, 2.05) is 60.7 Å². The zero-order chi connectivity index (χ0) is 14.8. The van der Waals surface area contributed by atoms with E-state index in [4.69, 9.17) is 23.2 Å². The zero-order valence-corrected chi connectivity index (χ0v) is 14.0. The highest BCUT2D eigenvalue weighted by molar-refractivity contribution is 9.10. The summed E-state index contributed by atoms with van der Waals surface area (Å²) in [5.74, 6) is 0. The minimum absolute atomic E-state index is 0.693. The van der Waals surface area contributed by atoms with Crippen molar-refractivity contribution in [3.8, 4) is 22.3 Å². The molecule has 0 amide bonds. The van der Waals surface area contributed by atoms with Gasteiger partial charge in [0.25, 0.3) is 0 Å². The number of benzene rings is 3. The summed E-state index contributed by atoms with van der Waals surface area (Å²) in [4.78, 5) is 0. The molecule has 0 N–H and O–H groups in total. The molecule has 0 aromatic heterocycles. The highest BCUT2D eigenvalue weighted by atomic mass is 79.9. The van der Waals surface area contributed by atoms with E-state index in [9.17, 15) is 0 Å². The molecule has 3 heteroatoms. The summed E-state index contributed by atoms with van der Waals surface area (Å²) in [6, 6.07) is 22.8. The molecular formula is C18H10BrCl2. The first-order chi connectivity index (χ1) is 10.1. The fraction of sp³-hybridized carbons (Fsp3) is 0. The van der Waals surface area contributed by atoms with Gasteiger partial charge in [-0.15, -0.1) is 0 Å². The summed E-state index contributed by atoms with van der Waals surface area (Å²) >= 11 is 16.0. The minimum atomic E-state index is 0.693. The van der Waals surface area contributed by atoms with Crippen LogP contribution in [0.1, 0.15) is 0 Å². The van der Waals surface area contributed by atoms with Crippen molar-refractivity contribution in [1.82, 2.24) is 0 Å². The molecule has 0 atom stereocenters. The van der Waals surface area contributed by atoms with Gasteiger partial charge in [0.2, 0.25) is 0 Å². The molecule has 0 fully saturated rings. The predicted molar refractivity (Wildman–Crippen MR) is 93.9 cm³/mol. The van der Waals surface area contributed by atoms with Crippen LogP contribution in [0.3, 0.4) is 0 Å². The zero-order valence-electron chi connectivity index (χ0n) is 10.9. The molecule has 0 aliphatic rings. The van der Waals surface area contributed by atoms with E-state index in [0.29, 0.717) is 10.0 Å². The third-order valence-corrected chi connectivity index (χ3v) is 4.34. The second-order valence-electron chi connectivity index (χ2n) is 4.60. The second-order valence-corrected chi connectivity index (χ2v) is 6.33. The van der Waals surface area contributed by atoms with Gasteiger partial charge in [-0.1, -0.05) is 75.5 Å². The Morgan fingerprint density at radius 2 is 1.62 bits per heavy atom. The summed E-state index contributed by atoms with van der Waals surface area (Å²) in [5.41, 5.74) is 3.94. The molecule has 0 heterocycles. The maximum absolute atomic E-state index is 6.59. The summed E-state index contributed by atoms with van der Waals surface area (Å²) < 4.78 is 1.02. The lowest BCUT2D eigenvalue weighted by molar-refractivity contribution is 1.56. The fourth-order valence-electron chi connectivity index (χ4n) is 2.19. The molecule has 3 rings (SSSR count). The lowest BCUT2D eigenvalue weighted by Crippen LogP contribution is -1.85. The molecule has 21 heavy (non-hydrogen) atoms. The van der Waals surface area contributed by atoms with Crippen LogP contribution in [0.25, 0.3) is 22.3 Å². The SMILES string of the molecule is Clc1ccc(-c2[c]ccc(-c3cccc(Br)c3)c2Cl)cc1. The molecule has 0 saturated carbocycles. The first kappa shape index (κ1) is 14.6. The molecule has 0 nitrogen and oxygen atoms in total. The lowest BCUT2D eigenvalue weighted by atomic mass is 9.99. The van der Waals surface area contributed by atoms with Crippen LogP contribution < -0.4 is 0 Å². The van der Waals surface area contributed by atoms with Crippen molar-refractivity contribution in [2.24, 2.45) is 0 Å². The van der Waals surface area contributed by atoms with Gasteiger partial charge in [0.05, 0.1) is 5.02 Å². The largest absolute Gasteiger partial charge is 0.0843 e. The molecule has 0 bridgehead atoms. The maximum Gasteiger partial charge on any atom is 0.0569 e. The van der Waals surface area contributed by atoms with Crippen LogP contribution in [-0.2, 0) is 0 Å². The molecule has 0 saturated heterocycles. The predicted octanol–water partition coefficient (Wildman–Crippen LogP) is 6.89. The van der Waals surface area contributed by atoms with Gasteiger partial charge >= 0.3 is 0 Å². The van der Waals surface area contributed by atoms with Crippen molar-refractivity contribution in [2.45, 2.75) is 0 Å². The molecule has 3 aromatic carbocycles. The highest BCUT2D eigenvalue weighted by Crippen LogP contribution is 2.36. The maximum atomic E-state index is 6.59. The molecule has 0 unspecified atom stereocenters. The van der Waals surface area contributed by atoms with Crippen molar-refractivity contribution in [3.05, 3.63) is 81.2 Å². The van der Waals surface area contributed by atoms with Crippen LogP contribution in [-0.4, -0.2) is 0 Å². The van der Waals surface area contributed by atoms with Crippen LogP contribution >= 0.6 is 39.1 Å². The number of hydrogen-bond donors (Lipinski definition) is 0. The Labute approximate surface area is 142 Å². The quantitative estimate of drug-likeness (QED) is 0.456. The van der Waals surface area contributed by atoms with E-state index < -0.39 is 0 Å². The minimum Gasteiger partial charge on any atom is -0.0843 e. The standard InChI is InChI=1S/C18H10BrCl2/c19-14-4-1-3-13(11-14)17-6-2-5-16(18(17)21)12-7-9-15(20)10-8-12/h1-4,6-11H. The van der Waals surface area contributed by atoms with Gasteiger partial charge in [-0.2, -0.15) is 0 Å². The topological polar surface area (TPSA) is 0 Å². The van der Waals surface area contributed by atoms with Crippen LogP contribution in [0.15, 0.2) is 65.1 Å². The first-order valence-electron chi connectivity index (χ1n) is 6.37. The summed E-state index contributed by atoms with van der Waals surface area (Å²) in [5, 5.41) is 1.40. The second kappa shape index (κ2) is 6.23. The Morgan fingerprint density at radius 1 is 0.857 bits per heavy atom. The molecule has 103 valence electrons. The third-order valence-electron chi connectivity index (χ3n) is 3.20. The van der Waals surface area contributed by atoms with Crippen molar-refractivity contribution in [1.29, 1.82) is 0 Å². The molecular weight excluding hydrogens is 367 g/mol. The third kappa shape index (κ3) is 3.16. The fourth-order valence-corrected chi connectivity index (χ4v) is 3.05. The van der Waals surface area contributed by atoms with Gasteiger partial charge < -0.3 is 0 Å². The van der Waals surface area contributed by atoms with Crippen molar-refractivity contribution in [2.75, 3.05) is 0 Å². The summed E-state index contributed by atoms with van der Waals surface area (Å²) in [6.45, 7) is 0. The number of rotatable bonds is 2. The van der Waals surface area contributed by atoms with E-state index in [1.54, 1.807) is 0 Å². The van der Waals surface area contributed by atoms with E-state index in [-0.39, 0.29) is 0 Å². The van der Waals surface area contributed by atoms with Crippen molar-refractivity contribution < 1.29 is 0 Å². The monoisotopic (exact) mass is 375 g/mol. The number of hydrogen-bond acceptors (Lipinski definition) is 0. The van der Waals surface area contributed by atoms with Gasteiger partial charge in [-0.25, -0.2) is 0 Å². The average molecular weight is 377 g/mol. The Hall–Kier alpha value is -1.28. The summed E-state index contributed by atoms with van der Waals surface area (Å²) in [6.07, 6.45) is 0. The normalized spacial score (nSPS) is 10.6. The van der Waals surface area contributed by atoms with Crippen LogP contribution in [0.5, 0.6) is 0 Å². The van der Waals surface area contributed by atoms with Crippen molar-refractivity contribution in [3.63, 3.8) is 0 Å². The van der Waals surface area contributed by atoms with E-state index >= 15 is 0 Å². The molecule has 0 spiro atoms. The Kier molecular flexibility index (Phi) is 4.34. The molecule has 1 radical (unpaired) electrons. The molecule has 0 aliphatic carbocycles. The Morgan fingerprint density at radius 3 is 2.33 bits per heavy atom. The van der Waals surface area contributed by atoms with E-state index in [2.05, 4.69) is 22.0 Å². The highest BCUT2D eigenvalue weighted by Gasteiger charge is 2.10. The molecule has 0 aliphatic heterocycles. The number of halogens is 3. The van der Waals surface area contributed by atoms with Gasteiger partial charge in [0, 0.05) is 20.6 Å². The first-order valence-corrected chi connectivity index (χ1v) is 7.92. The smallest absolute Gasteiger partial charge is 0.0569 e. The van der Waals surface area contributed by atoms with E-state index in [0.717, 1.165) is 26.7 Å². The van der Waals surface area contributed by atoms with Gasteiger partial charge in [-0.3, -0.25) is 0 Å². The Balaban J connectivity index is 2.13. The lowest BCUT2D eigenvalue weighted by Gasteiger charge is -2.10. The van der Waals surface area contributed by atoms with Gasteiger partial charge in [-0.05, 0) is 41.5 Å². The van der Waals surface area contributed by atoms with E-state index in [1.165, 1.54) is 0 Å². The van der Waals surface area contributed by atoms with Crippen LogP contribution in [0.4, 0.5) is 0 Å². The van der Waals surface area contributed by atoms with Crippen molar-refractivity contribution >= 4 is 39.1 Å². The van der Waals surface area contributed by atoms with Gasteiger partial charge in [0.1, 0.15) is 0 Å². The van der Waals surface area contributed by atoms with Gasteiger partial charge in [0.15, 0.2) is 0 Å². The van der Waals surface area contributed by atoms with Crippen LogP contribution in [0, 0.1) is 6.07 Å².